The number of aryl methyl sites for hydroxylation is 1. The Bertz CT molecular complexity index is 959. The predicted octanol–water partition coefficient (Wildman–Crippen LogP) is 4.13. The highest BCUT2D eigenvalue weighted by Gasteiger charge is 2.16. The molecule has 6 nitrogen and oxygen atoms in total. The molecule has 3 rings (SSSR count). The number of rotatable bonds is 5. The summed E-state index contributed by atoms with van der Waals surface area (Å²) in [7, 11) is 1.94. The Kier molecular flexibility index (Phi) is 4.42. The summed E-state index contributed by atoms with van der Waals surface area (Å²) in [6.07, 6.45) is 0. The molecule has 2 aromatic heterocycles. The third-order valence-corrected chi connectivity index (χ3v) is 6.13. The lowest BCUT2D eigenvalue weighted by molar-refractivity contribution is -0.384. The van der Waals surface area contributed by atoms with E-state index in [-0.39, 0.29) is 11.5 Å². The van der Waals surface area contributed by atoms with Gasteiger partial charge in [-0.15, -0.1) is 11.3 Å². The van der Waals surface area contributed by atoms with Gasteiger partial charge < -0.3 is 4.57 Å². The summed E-state index contributed by atoms with van der Waals surface area (Å²) in [5, 5.41) is 10.8. The summed E-state index contributed by atoms with van der Waals surface area (Å²) in [5.74, 6) is 0.359. The van der Waals surface area contributed by atoms with E-state index in [1.54, 1.807) is 6.07 Å². The molecule has 8 heteroatoms. The Balaban J connectivity index is 1.76. The summed E-state index contributed by atoms with van der Waals surface area (Å²) in [6.45, 7) is 3.90. The Morgan fingerprint density at radius 3 is 2.75 bits per heavy atom. The zero-order valence-electron chi connectivity index (χ0n) is 13.4. The maximum atomic E-state index is 12.4. The number of carbonyl (C=O) groups excluding carboxylic acids is 1. The third-order valence-electron chi connectivity index (χ3n) is 3.97. The molecule has 0 atom stereocenters. The minimum absolute atomic E-state index is 0.0501. The van der Waals surface area contributed by atoms with Crippen LogP contribution in [0.15, 0.2) is 28.6 Å². The van der Waals surface area contributed by atoms with Crippen LogP contribution in [0.2, 0.25) is 0 Å². The van der Waals surface area contributed by atoms with Gasteiger partial charge in [0.25, 0.3) is 5.69 Å². The van der Waals surface area contributed by atoms with Gasteiger partial charge in [-0.3, -0.25) is 14.9 Å². The maximum Gasteiger partial charge on any atom is 0.270 e. The molecule has 2 heterocycles. The van der Waals surface area contributed by atoms with E-state index >= 15 is 0 Å². The molecule has 0 unspecified atom stereocenters. The van der Waals surface area contributed by atoms with Crippen molar-refractivity contribution in [1.29, 1.82) is 0 Å². The molecule has 3 aromatic rings. The lowest BCUT2D eigenvalue weighted by Crippen LogP contribution is -2.04. The molecule has 24 heavy (non-hydrogen) atoms. The summed E-state index contributed by atoms with van der Waals surface area (Å²) in [6, 6.07) is 6.50. The number of nitrogens with zero attached hydrogens (tertiary/aromatic N) is 3. The molecule has 0 aliphatic rings. The second kappa shape index (κ2) is 6.37. The molecule has 0 bridgehead atoms. The molecule has 0 fully saturated rings. The second-order valence-corrected chi connectivity index (χ2v) is 7.70. The van der Waals surface area contributed by atoms with Crippen molar-refractivity contribution in [3.05, 3.63) is 51.3 Å². The number of hydrogen-bond acceptors (Lipinski definition) is 6. The molecule has 124 valence electrons. The molecule has 0 N–H and O–H groups in total. The zero-order chi connectivity index (χ0) is 17.4. The van der Waals surface area contributed by atoms with Gasteiger partial charge >= 0.3 is 0 Å². The normalized spacial score (nSPS) is 11.1. The standard InChI is InChI=1S/C16H15N3O3S2/c1-9-6-12(10(2)18(9)3)14(20)8-23-16-17-13-5-4-11(19(21)22)7-15(13)24-16/h4-7H,8H2,1-3H3. The molecule has 1 aromatic carbocycles. The molecular weight excluding hydrogens is 346 g/mol. The van der Waals surface area contributed by atoms with Crippen LogP contribution in [0.25, 0.3) is 10.2 Å². The highest BCUT2D eigenvalue weighted by atomic mass is 32.2. The van der Waals surface area contributed by atoms with Crippen LogP contribution in [0.4, 0.5) is 5.69 Å². The van der Waals surface area contributed by atoms with Gasteiger partial charge in [-0.25, -0.2) is 4.98 Å². The fraction of sp³-hybridized carbons (Fsp3) is 0.250. The van der Waals surface area contributed by atoms with Crippen molar-refractivity contribution in [2.24, 2.45) is 7.05 Å². The van der Waals surface area contributed by atoms with E-state index in [9.17, 15) is 14.9 Å². The average molecular weight is 361 g/mol. The minimum atomic E-state index is -0.421. The first kappa shape index (κ1) is 16.7. The van der Waals surface area contributed by atoms with Gasteiger partial charge in [-0.05, 0) is 26.0 Å². The summed E-state index contributed by atoms with van der Waals surface area (Å²) in [5.41, 5.74) is 3.51. The van der Waals surface area contributed by atoms with Crippen molar-refractivity contribution < 1.29 is 9.72 Å². The van der Waals surface area contributed by atoms with Crippen molar-refractivity contribution in [1.82, 2.24) is 9.55 Å². The number of benzene rings is 1. The third kappa shape index (κ3) is 3.07. The number of fused-ring (bicyclic) bond motifs is 1. The van der Waals surface area contributed by atoms with Crippen molar-refractivity contribution in [3.8, 4) is 0 Å². The number of thiazole rings is 1. The minimum Gasteiger partial charge on any atom is -0.351 e. The number of nitro groups is 1. The average Bonchev–Trinajstić information content (AvgIpc) is 3.07. The van der Waals surface area contributed by atoms with Crippen molar-refractivity contribution in [2.75, 3.05) is 5.75 Å². The number of aromatic nitrogens is 2. The Morgan fingerprint density at radius 1 is 1.38 bits per heavy atom. The topological polar surface area (TPSA) is 78.0 Å². The number of Topliss-reactive ketones (excluding diaryl/α,β-unsaturated/α-hetero) is 1. The fourth-order valence-corrected chi connectivity index (χ4v) is 4.39. The van der Waals surface area contributed by atoms with Crippen LogP contribution >= 0.6 is 23.1 Å². The Morgan fingerprint density at radius 2 is 2.12 bits per heavy atom. The molecule has 0 saturated heterocycles. The van der Waals surface area contributed by atoms with E-state index in [1.165, 1.54) is 35.2 Å². The highest BCUT2D eigenvalue weighted by Crippen LogP contribution is 2.32. The summed E-state index contributed by atoms with van der Waals surface area (Å²) in [4.78, 5) is 27.2. The number of carbonyl (C=O) groups is 1. The summed E-state index contributed by atoms with van der Waals surface area (Å²) < 4.78 is 3.49. The van der Waals surface area contributed by atoms with Crippen LogP contribution < -0.4 is 0 Å². The fourth-order valence-electron chi connectivity index (χ4n) is 2.41. The van der Waals surface area contributed by atoms with Gasteiger partial charge in [-0.1, -0.05) is 11.8 Å². The SMILES string of the molecule is Cc1cc(C(=O)CSc2nc3ccc([N+](=O)[O-])cc3s2)c(C)n1C. The molecule has 0 spiro atoms. The number of hydrogen-bond donors (Lipinski definition) is 0. The maximum absolute atomic E-state index is 12.4. The van der Waals surface area contributed by atoms with Crippen LogP contribution in [-0.2, 0) is 7.05 Å². The van der Waals surface area contributed by atoms with E-state index in [4.69, 9.17) is 0 Å². The highest BCUT2D eigenvalue weighted by molar-refractivity contribution is 8.01. The molecule has 0 aliphatic heterocycles. The van der Waals surface area contributed by atoms with Crippen LogP contribution in [0, 0.1) is 24.0 Å². The lowest BCUT2D eigenvalue weighted by atomic mass is 10.2. The number of nitro benzene ring substituents is 1. The first-order valence-electron chi connectivity index (χ1n) is 7.20. The molecule has 0 saturated carbocycles. The lowest BCUT2D eigenvalue weighted by Gasteiger charge is -2.01. The van der Waals surface area contributed by atoms with Crippen molar-refractivity contribution >= 4 is 44.8 Å². The first-order valence-corrected chi connectivity index (χ1v) is 9.01. The quantitative estimate of drug-likeness (QED) is 0.295. The first-order chi connectivity index (χ1) is 11.4. The Labute approximate surface area is 146 Å². The van der Waals surface area contributed by atoms with Crippen LogP contribution in [0.3, 0.4) is 0 Å². The van der Waals surface area contributed by atoms with E-state index in [0.29, 0.717) is 11.3 Å². The van der Waals surface area contributed by atoms with E-state index in [1.807, 2.05) is 31.5 Å². The zero-order valence-corrected chi connectivity index (χ0v) is 15.0. The second-order valence-electron chi connectivity index (χ2n) is 5.44. The van der Waals surface area contributed by atoms with Crippen LogP contribution in [0.1, 0.15) is 21.7 Å². The smallest absolute Gasteiger partial charge is 0.270 e. The molecule has 0 radical (unpaired) electrons. The van der Waals surface area contributed by atoms with E-state index in [0.717, 1.165) is 26.0 Å². The van der Waals surface area contributed by atoms with Crippen molar-refractivity contribution in [2.45, 2.75) is 18.2 Å². The van der Waals surface area contributed by atoms with Crippen LogP contribution in [0.5, 0.6) is 0 Å². The number of non-ortho nitro benzene ring substituents is 1. The van der Waals surface area contributed by atoms with E-state index in [2.05, 4.69) is 4.98 Å². The van der Waals surface area contributed by atoms with Gasteiger partial charge in [0.2, 0.25) is 0 Å². The van der Waals surface area contributed by atoms with Gasteiger partial charge in [0.1, 0.15) is 0 Å². The number of ketones is 1. The largest absolute Gasteiger partial charge is 0.351 e. The van der Waals surface area contributed by atoms with Crippen LogP contribution in [-0.4, -0.2) is 26.0 Å². The van der Waals surface area contributed by atoms with E-state index < -0.39 is 4.92 Å². The monoisotopic (exact) mass is 361 g/mol. The van der Waals surface area contributed by atoms with Crippen molar-refractivity contribution in [3.63, 3.8) is 0 Å². The predicted molar refractivity (Wildman–Crippen MR) is 96.2 cm³/mol. The molecular formula is C16H15N3O3S2. The Hall–Kier alpha value is -2.19. The van der Waals surface area contributed by atoms with Gasteiger partial charge in [0.15, 0.2) is 10.1 Å². The number of thioether (sulfide) groups is 1. The summed E-state index contributed by atoms with van der Waals surface area (Å²) >= 11 is 2.73. The van der Waals surface area contributed by atoms with Gasteiger partial charge in [0, 0.05) is 36.1 Å². The molecule has 0 aliphatic carbocycles. The molecule has 0 amide bonds. The van der Waals surface area contributed by atoms with Gasteiger partial charge in [-0.2, -0.15) is 0 Å². The van der Waals surface area contributed by atoms with Gasteiger partial charge in [0.05, 0.1) is 20.9 Å².